The van der Waals surface area contributed by atoms with Gasteiger partial charge in [-0.2, -0.15) is 4.72 Å². The average molecular weight is 289 g/mol. The number of hydrogen-bond acceptors (Lipinski definition) is 3. The third-order valence-corrected chi connectivity index (χ3v) is 4.66. The summed E-state index contributed by atoms with van der Waals surface area (Å²) in [5.41, 5.74) is 2.00. The van der Waals surface area contributed by atoms with E-state index in [9.17, 15) is 8.42 Å². The second-order valence-corrected chi connectivity index (χ2v) is 6.54. The zero-order chi connectivity index (χ0) is 14.2. The summed E-state index contributed by atoms with van der Waals surface area (Å²) < 4.78 is 32.3. The highest BCUT2D eigenvalue weighted by atomic mass is 32.2. The average Bonchev–Trinajstić information content (AvgIpc) is 3.19. The summed E-state index contributed by atoms with van der Waals surface area (Å²) in [6, 6.07) is 16.3. The predicted molar refractivity (Wildman–Crippen MR) is 75.6 cm³/mol. The van der Waals surface area contributed by atoms with Crippen molar-refractivity contribution in [1.82, 2.24) is 4.72 Å². The van der Waals surface area contributed by atoms with E-state index in [1.54, 1.807) is 24.3 Å². The molecule has 20 heavy (non-hydrogen) atoms. The predicted octanol–water partition coefficient (Wildman–Crippen LogP) is 2.37. The smallest absolute Gasteiger partial charge is 0.242 e. The Balaban J connectivity index is 1.71. The fourth-order valence-electron chi connectivity index (χ4n) is 2.04. The molecule has 1 aliphatic rings. The first-order chi connectivity index (χ1) is 9.56. The van der Waals surface area contributed by atoms with E-state index in [1.165, 1.54) is 0 Å². The first kappa shape index (κ1) is 13.3. The van der Waals surface area contributed by atoms with Crippen LogP contribution in [-0.4, -0.2) is 14.6 Å². The van der Waals surface area contributed by atoms with Crippen molar-refractivity contribution in [3.63, 3.8) is 0 Å². The molecule has 0 saturated carbocycles. The summed E-state index contributed by atoms with van der Waals surface area (Å²) in [6.07, 6.45) is -0.680. The SMILES string of the molecule is Cc1ccc(S(=O)(=O)NC2OC2c2ccccc2)cc1. The topological polar surface area (TPSA) is 58.7 Å². The Hall–Kier alpha value is -1.69. The quantitative estimate of drug-likeness (QED) is 0.879. The van der Waals surface area contributed by atoms with E-state index in [0.29, 0.717) is 0 Å². The van der Waals surface area contributed by atoms with Crippen LogP contribution in [-0.2, 0) is 14.8 Å². The molecule has 0 spiro atoms. The molecule has 0 aliphatic carbocycles. The molecular formula is C15H15NO3S. The van der Waals surface area contributed by atoms with Crippen molar-refractivity contribution in [2.24, 2.45) is 0 Å². The van der Waals surface area contributed by atoms with Gasteiger partial charge in [0, 0.05) is 0 Å². The van der Waals surface area contributed by atoms with E-state index in [0.717, 1.165) is 11.1 Å². The lowest BCUT2D eigenvalue weighted by Crippen LogP contribution is -2.27. The molecule has 1 fully saturated rings. The lowest BCUT2D eigenvalue weighted by Gasteiger charge is -2.04. The molecule has 0 aromatic heterocycles. The van der Waals surface area contributed by atoms with Crippen LogP contribution in [0.15, 0.2) is 59.5 Å². The fraction of sp³-hybridized carbons (Fsp3) is 0.200. The monoisotopic (exact) mass is 289 g/mol. The largest absolute Gasteiger partial charge is 0.347 e. The third-order valence-electron chi connectivity index (χ3n) is 3.22. The number of nitrogens with one attached hydrogen (secondary N) is 1. The molecule has 3 rings (SSSR count). The van der Waals surface area contributed by atoms with Crippen LogP contribution >= 0.6 is 0 Å². The first-order valence-electron chi connectivity index (χ1n) is 6.36. The maximum absolute atomic E-state index is 12.2. The van der Waals surface area contributed by atoms with Gasteiger partial charge in [-0.1, -0.05) is 48.0 Å². The minimum atomic E-state index is -3.53. The normalized spacial score (nSPS) is 21.6. The maximum atomic E-state index is 12.2. The molecule has 1 heterocycles. The zero-order valence-corrected chi connectivity index (χ0v) is 11.8. The van der Waals surface area contributed by atoms with Gasteiger partial charge in [-0.05, 0) is 24.6 Å². The van der Waals surface area contributed by atoms with Gasteiger partial charge >= 0.3 is 0 Å². The number of hydrogen-bond donors (Lipinski definition) is 1. The maximum Gasteiger partial charge on any atom is 0.242 e. The summed E-state index contributed by atoms with van der Waals surface area (Å²) in [7, 11) is -3.53. The van der Waals surface area contributed by atoms with Crippen molar-refractivity contribution >= 4 is 10.0 Å². The Morgan fingerprint density at radius 2 is 1.65 bits per heavy atom. The molecule has 2 aromatic carbocycles. The van der Waals surface area contributed by atoms with E-state index in [4.69, 9.17) is 4.74 Å². The summed E-state index contributed by atoms with van der Waals surface area (Å²) in [6.45, 7) is 1.92. The van der Waals surface area contributed by atoms with E-state index in [2.05, 4.69) is 4.72 Å². The molecule has 0 radical (unpaired) electrons. The molecular weight excluding hydrogens is 274 g/mol. The molecule has 0 bridgehead atoms. The Morgan fingerprint density at radius 1 is 1.00 bits per heavy atom. The molecule has 2 unspecified atom stereocenters. The summed E-state index contributed by atoms with van der Waals surface area (Å²) in [5, 5.41) is 0. The molecule has 2 atom stereocenters. The number of rotatable bonds is 4. The van der Waals surface area contributed by atoms with Gasteiger partial charge in [0.2, 0.25) is 10.0 Å². The van der Waals surface area contributed by atoms with Crippen molar-refractivity contribution < 1.29 is 13.2 Å². The van der Waals surface area contributed by atoms with Crippen LogP contribution in [0.2, 0.25) is 0 Å². The number of benzene rings is 2. The third kappa shape index (κ3) is 2.75. The molecule has 1 N–H and O–H groups in total. The number of sulfonamides is 1. The second-order valence-electron chi connectivity index (χ2n) is 4.82. The zero-order valence-electron chi connectivity index (χ0n) is 11.0. The highest BCUT2D eigenvalue weighted by Gasteiger charge is 2.43. The van der Waals surface area contributed by atoms with E-state index in [-0.39, 0.29) is 11.0 Å². The van der Waals surface area contributed by atoms with Crippen LogP contribution in [0.4, 0.5) is 0 Å². The van der Waals surface area contributed by atoms with Crippen LogP contribution in [0.25, 0.3) is 0 Å². The van der Waals surface area contributed by atoms with Crippen molar-refractivity contribution in [2.75, 3.05) is 0 Å². The van der Waals surface area contributed by atoms with Gasteiger partial charge in [-0.15, -0.1) is 0 Å². The summed E-state index contributed by atoms with van der Waals surface area (Å²) >= 11 is 0. The molecule has 4 nitrogen and oxygen atoms in total. The van der Waals surface area contributed by atoms with Gasteiger partial charge in [0.15, 0.2) is 6.23 Å². The van der Waals surface area contributed by atoms with Crippen LogP contribution in [0.3, 0.4) is 0 Å². The Bertz CT molecular complexity index is 696. The highest BCUT2D eigenvalue weighted by molar-refractivity contribution is 7.89. The van der Waals surface area contributed by atoms with Gasteiger partial charge in [0.05, 0.1) is 4.90 Å². The van der Waals surface area contributed by atoms with Crippen LogP contribution < -0.4 is 4.72 Å². The molecule has 0 amide bonds. The first-order valence-corrected chi connectivity index (χ1v) is 7.84. The standard InChI is InChI=1S/C15H15NO3S/c1-11-7-9-13(10-8-11)20(17,18)16-15-14(19-15)12-5-3-2-4-6-12/h2-10,14-16H,1H3. The summed E-state index contributed by atoms with van der Waals surface area (Å²) in [5.74, 6) is 0. The molecule has 1 aliphatic heterocycles. The van der Waals surface area contributed by atoms with Gasteiger partial charge in [-0.3, -0.25) is 0 Å². The van der Waals surface area contributed by atoms with Crippen LogP contribution in [0, 0.1) is 6.92 Å². The molecule has 5 heteroatoms. The van der Waals surface area contributed by atoms with Gasteiger partial charge < -0.3 is 4.74 Å². The Labute approximate surface area is 118 Å². The lowest BCUT2D eigenvalue weighted by molar-refractivity contribution is 0.366. The number of aryl methyl sites for hydroxylation is 1. The van der Waals surface area contributed by atoms with Crippen molar-refractivity contribution in [2.45, 2.75) is 24.2 Å². The molecule has 104 valence electrons. The Kier molecular flexibility index (Phi) is 3.33. The fourth-order valence-corrected chi connectivity index (χ4v) is 3.15. The van der Waals surface area contributed by atoms with Crippen molar-refractivity contribution in [1.29, 1.82) is 0 Å². The highest BCUT2D eigenvalue weighted by Crippen LogP contribution is 2.37. The van der Waals surface area contributed by atoms with Crippen LogP contribution in [0.5, 0.6) is 0 Å². The minimum absolute atomic E-state index is 0.198. The number of epoxide rings is 1. The minimum Gasteiger partial charge on any atom is -0.347 e. The van der Waals surface area contributed by atoms with Crippen molar-refractivity contribution in [3.05, 3.63) is 65.7 Å². The molecule has 1 saturated heterocycles. The van der Waals surface area contributed by atoms with Gasteiger partial charge in [0.1, 0.15) is 6.10 Å². The number of ether oxygens (including phenoxy) is 1. The lowest BCUT2D eigenvalue weighted by atomic mass is 10.1. The Morgan fingerprint density at radius 3 is 2.30 bits per heavy atom. The summed E-state index contributed by atoms with van der Waals surface area (Å²) in [4.78, 5) is 0.255. The van der Waals surface area contributed by atoms with E-state index < -0.39 is 16.3 Å². The molecule has 2 aromatic rings. The second kappa shape index (κ2) is 5.01. The van der Waals surface area contributed by atoms with E-state index in [1.807, 2.05) is 37.3 Å². The van der Waals surface area contributed by atoms with Crippen LogP contribution in [0.1, 0.15) is 17.2 Å². The van der Waals surface area contributed by atoms with E-state index >= 15 is 0 Å². The van der Waals surface area contributed by atoms with Crippen molar-refractivity contribution in [3.8, 4) is 0 Å². The van der Waals surface area contributed by atoms with Gasteiger partial charge in [0.25, 0.3) is 0 Å². The van der Waals surface area contributed by atoms with Gasteiger partial charge in [-0.25, -0.2) is 8.42 Å².